The van der Waals surface area contributed by atoms with Gasteiger partial charge >= 0.3 is 0 Å². The number of rotatable bonds is 6. The minimum Gasteiger partial charge on any atom is -0.356 e. The van der Waals surface area contributed by atoms with E-state index in [9.17, 15) is 4.79 Å². The SMILES string of the molecule is CCNC(=O)C1CCN(c2nc(CSc3ccc(Cl)cc3)nc3sc4c(c23)CCC4)CC1. The Morgan fingerprint density at radius 1 is 1.22 bits per heavy atom. The van der Waals surface area contributed by atoms with Crippen LogP contribution in [0.15, 0.2) is 29.2 Å². The van der Waals surface area contributed by atoms with Crippen molar-refractivity contribution >= 4 is 56.6 Å². The molecule has 0 unspecified atom stereocenters. The molecule has 1 fully saturated rings. The molecule has 1 amide bonds. The van der Waals surface area contributed by atoms with Crippen molar-refractivity contribution in [3.05, 3.63) is 45.6 Å². The largest absolute Gasteiger partial charge is 0.356 e. The molecule has 0 spiro atoms. The zero-order chi connectivity index (χ0) is 22.1. The average molecular weight is 487 g/mol. The first-order chi connectivity index (χ1) is 15.6. The van der Waals surface area contributed by atoms with Gasteiger partial charge in [-0.05, 0) is 68.9 Å². The third-order valence-corrected chi connectivity index (χ3v) is 8.74. The molecule has 0 atom stereocenters. The number of carbonyl (C=O) groups is 1. The van der Waals surface area contributed by atoms with Gasteiger partial charge in [0.2, 0.25) is 5.91 Å². The molecule has 168 valence electrons. The van der Waals surface area contributed by atoms with Crippen LogP contribution in [0.4, 0.5) is 5.82 Å². The van der Waals surface area contributed by atoms with E-state index in [-0.39, 0.29) is 11.8 Å². The van der Waals surface area contributed by atoms with Crippen LogP contribution in [0, 0.1) is 5.92 Å². The highest BCUT2D eigenvalue weighted by Gasteiger charge is 2.29. The number of hydrogen-bond donors (Lipinski definition) is 1. The molecule has 1 aliphatic heterocycles. The van der Waals surface area contributed by atoms with Crippen molar-refractivity contribution in [2.45, 2.75) is 49.7 Å². The molecule has 8 heteroatoms. The summed E-state index contributed by atoms with van der Waals surface area (Å²) in [7, 11) is 0. The molecule has 1 aromatic carbocycles. The highest BCUT2D eigenvalue weighted by Crippen LogP contribution is 2.41. The maximum atomic E-state index is 12.3. The van der Waals surface area contributed by atoms with Gasteiger partial charge in [0.05, 0.1) is 11.1 Å². The van der Waals surface area contributed by atoms with E-state index in [2.05, 4.69) is 10.2 Å². The van der Waals surface area contributed by atoms with Crippen LogP contribution in [0.5, 0.6) is 0 Å². The summed E-state index contributed by atoms with van der Waals surface area (Å²) in [4.78, 5) is 28.5. The third-order valence-electron chi connectivity index (χ3n) is 6.29. The number of aromatic nitrogens is 2. The minimum atomic E-state index is 0.108. The lowest BCUT2D eigenvalue weighted by Crippen LogP contribution is -2.41. The summed E-state index contributed by atoms with van der Waals surface area (Å²) in [5, 5.41) is 4.99. The number of thioether (sulfide) groups is 1. The van der Waals surface area contributed by atoms with Gasteiger partial charge in [0.15, 0.2) is 0 Å². The predicted molar refractivity (Wildman–Crippen MR) is 134 cm³/mol. The predicted octanol–water partition coefficient (Wildman–Crippen LogP) is 5.48. The summed E-state index contributed by atoms with van der Waals surface area (Å²) in [5.41, 5.74) is 1.46. The summed E-state index contributed by atoms with van der Waals surface area (Å²) < 4.78 is 0. The molecular formula is C24H27ClN4OS2. The Labute approximate surface area is 202 Å². The van der Waals surface area contributed by atoms with Crippen LogP contribution in [-0.2, 0) is 23.4 Å². The second-order valence-corrected chi connectivity index (χ2v) is 11.0. The van der Waals surface area contributed by atoms with E-state index in [0.717, 1.165) is 70.9 Å². The number of fused-ring (bicyclic) bond motifs is 3. The number of halogens is 1. The number of benzene rings is 1. The monoisotopic (exact) mass is 486 g/mol. The molecule has 3 heterocycles. The van der Waals surface area contributed by atoms with Gasteiger partial charge in [0, 0.05) is 40.3 Å². The Morgan fingerprint density at radius 2 is 2.00 bits per heavy atom. The first-order valence-corrected chi connectivity index (χ1v) is 13.5. The van der Waals surface area contributed by atoms with Crippen LogP contribution >= 0.6 is 34.7 Å². The molecular weight excluding hydrogens is 460 g/mol. The van der Waals surface area contributed by atoms with Crippen LogP contribution < -0.4 is 10.2 Å². The molecule has 5 nitrogen and oxygen atoms in total. The van der Waals surface area contributed by atoms with E-state index in [1.807, 2.05) is 42.5 Å². The number of anilines is 1. The summed E-state index contributed by atoms with van der Waals surface area (Å²) >= 11 is 9.60. The fourth-order valence-electron chi connectivity index (χ4n) is 4.66. The lowest BCUT2D eigenvalue weighted by atomic mass is 9.95. The lowest BCUT2D eigenvalue weighted by molar-refractivity contribution is -0.125. The second-order valence-electron chi connectivity index (χ2n) is 8.40. The first kappa shape index (κ1) is 22.0. The summed E-state index contributed by atoms with van der Waals surface area (Å²) in [6.07, 6.45) is 5.25. The fraction of sp³-hybridized carbons (Fsp3) is 0.458. The fourth-order valence-corrected chi connectivity index (χ4v) is 6.82. The molecule has 0 bridgehead atoms. The van der Waals surface area contributed by atoms with Gasteiger partial charge in [-0.2, -0.15) is 0 Å². The van der Waals surface area contributed by atoms with Crippen molar-refractivity contribution < 1.29 is 4.79 Å². The molecule has 1 aliphatic carbocycles. The topological polar surface area (TPSA) is 58.1 Å². The number of nitrogens with zero attached hydrogens (tertiary/aromatic N) is 3. The van der Waals surface area contributed by atoms with Gasteiger partial charge in [0.1, 0.15) is 16.5 Å². The standard InChI is InChI=1S/C24H27ClN4OS2/c1-2-26-23(30)15-10-12-29(13-11-15)22-21-18-4-3-5-19(18)32-24(21)28-20(27-22)14-31-17-8-6-16(25)7-9-17/h6-9,15H,2-5,10-14H2,1H3,(H,26,30). The van der Waals surface area contributed by atoms with Crippen molar-refractivity contribution in [1.29, 1.82) is 0 Å². The van der Waals surface area contributed by atoms with Crippen LogP contribution in [0.3, 0.4) is 0 Å². The Hall–Kier alpha value is -1.83. The van der Waals surface area contributed by atoms with Crippen molar-refractivity contribution in [1.82, 2.24) is 15.3 Å². The Morgan fingerprint density at radius 3 is 2.75 bits per heavy atom. The number of thiophene rings is 1. The van der Waals surface area contributed by atoms with Gasteiger partial charge < -0.3 is 10.2 Å². The molecule has 5 rings (SSSR count). The first-order valence-electron chi connectivity index (χ1n) is 11.3. The smallest absolute Gasteiger partial charge is 0.223 e. The van der Waals surface area contributed by atoms with E-state index >= 15 is 0 Å². The number of piperidine rings is 1. The Kier molecular flexibility index (Phi) is 6.58. The van der Waals surface area contributed by atoms with Crippen molar-refractivity contribution in [2.24, 2.45) is 5.92 Å². The van der Waals surface area contributed by atoms with E-state index in [0.29, 0.717) is 6.54 Å². The maximum absolute atomic E-state index is 12.3. The van der Waals surface area contributed by atoms with Gasteiger partial charge in [-0.1, -0.05) is 11.6 Å². The van der Waals surface area contributed by atoms with Crippen molar-refractivity contribution in [2.75, 3.05) is 24.5 Å². The van der Waals surface area contributed by atoms with E-state index in [1.54, 1.807) is 11.8 Å². The summed E-state index contributed by atoms with van der Waals surface area (Å²) in [5.74, 6) is 2.98. The van der Waals surface area contributed by atoms with Crippen LogP contribution in [0.25, 0.3) is 10.2 Å². The number of hydrogen-bond acceptors (Lipinski definition) is 6. The van der Waals surface area contributed by atoms with Crippen LogP contribution in [0.2, 0.25) is 5.02 Å². The molecule has 2 aliphatic rings. The van der Waals surface area contributed by atoms with Gasteiger partial charge in [-0.15, -0.1) is 23.1 Å². The zero-order valence-corrected chi connectivity index (χ0v) is 20.6. The maximum Gasteiger partial charge on any atom is 0.223 e. The highest BCUT2D eigenvalue weighted by molar-refractivity contribution is 7.98. The molecule has 0 saturated carbocycles. The van der Waals surface area contributed by atoms with Gasteiger partial charge in [0.25, 0.3) is 0 Å². The molecule has 0 radical (unpaired) electrons. The quantitative estimate of drug-likeness (QED) is 0.467. The van der Waals surface area contributed by atoms with Crippen LogP contribution in [-0.4, -0.2) is 35.5 Å². The average Bonchev–Trinajstić information content (AvgIpc) is 3.39. The number of carbonyl (C=O) groups excluding carboxylic acids is 1. The van der Waals surface area contributed by atoms with Gasteiger partial charge in [-0.25, -0.2) is 9.97 Å². The third kappa shape index (κ3) is 4.47. The second kappa shape index (κ2) is 9.57. The highest BCUT2D eigenvalue weighted by atomic mass is 35.5. The number of nitrogens with one attached hydrogen (secondary N) is 1. The van der Waals surface area contributed by atoms with Crippen LogP contribution in [0.1, 0.15) is 42.5 Å². The van der Waals surface area contributed by atoms with Crippen molar-refractivity contribution in [3.8, 4) is 0 Å². The van der Waals surface area contributed by atoms with Crippen molar-refractivity contribution in [3.63, 3.8) is 0 Å². The molecule has 1 N–H and O–H groups in total. The van der Waals surface area contributed by atoms with E-state index in [1.165, 1.54) is 22.2 Å². The Bertz CT molecular complexity index is 1120. The van der Waals surface area contributed by atoms with Gasteiger partial charge in [-0.3, -0.25) is 4.79 Å². The zero-order valence-electron chi connectivity index (χ0n) is 18.2. The molecule has 2 aromatic heterocycles. The summed E-state index contributed by atoms with van der Waals surface area (Å²) in [6, 6.07) is 7.92. The Balaban J connectivity index is 1.41. The van der Waals surface area contributed by atoms with E-state index < -0.39 is 0 Å². The van der Waals surface area contributed by atoms with E-state index in [4.69, 9.17) is 21.6 Å². The molecule has 3 aromatic rings. The molecule has 1 saturated heterocycles. The number of aryl methyl sites for hydroxylation is 2. The number of amides is 1. The normalized spacial score (nSPS) is 16.5. The minimum absolute atomic E-state index is 0.108. The lowest BCUT2D eigenvalue weighted by Gasteiger charge is -2.32. The molecule has 32 heavy (non-hydrogen) atoms. The summed E-state index contributed by atoms with van der Waals surface area (Å²) in [6.45, 7) is 4.40.